The Kier molecular flexibility index (Phi) is 5.91. The lowest BCUT2D eigenvalue weighted by Crippen LogP contribution is -2.06. The predicted octanol–water partition coefficient (Wildman–Crippen LogP) is 9.35. The van der Waals surface area contributed by atoms with E-state index in [1.54, 1.807) is 6.08 Å². The second-order valence-corrected chi connectivity index (χ2v) is 10.3. The van der Waals surface area contributed by atoms with Crippen LogP contribution in [0.5, 0.6) is 0 Å². The second kappa shape index (κ2) is 9.89. The van der Waals surface area contributed by atoms with Gasteiger partial charge in [0.15, 0.2) is 0 Å². The van der Waals surface area contributed by atoms with E-state index in [0.29, 0.717) is 5.71 Å². The number of fused-ring (bicyclic) bond motifs is 3. The van der Waals surface area contributed by atoms with Gasteiger partial charge in [0, 0.05) is 0 Å². The number of rotatable bonds is 6. The largest absolute Gasteiger partial charge is 0.384 e. The minimum Gasteiger partial charge on any atom is -0.384 e. The molecular formula is C38H27N3. The monoisotopic (exact) mass is 525 g/mol. The molecule has 0 heterocycles. The van der Waals surface area contributed by atoms with E-state index in [0.717, 1.165) is 16.7 Å². The molecule has 0 bridgehead atoms. The van der Waals surface area contributed by atoms with Gasteiger partial charge in [0.25, 0.3) is 0 Å². The number of nitrogens with one attached hydrogen (secondary N) is 2. The van der Waals surface area contributed by atoms with Crippen LogP contribution in [-0.2, 0) is 0 Å². The lowest BCUT2D eigenvalue weighted by atomic mass is 9.82. The molecule has 0 saturated carbocycles. The van der Waals surface area contributed by atoms with Gasteiger partial charge in [0.1, 0.15) is 5.84 Å². The van der Waals surface area contributed by atoms with E-state index in [-0.39, 0.29) is 5.84 Å². The van der Waals surface area contributed by atoms with Crippen LogP contribution in [-0.4, -0.2) is 11.5 Å². The Balaban J connectivity index is 1.54. The van der Waals surface area contributed by atoms with Crippen LogP contribution < -0.4 is 5.73 Å². The molecule has 0 amide bonds. The van der Waals surface area contributed by atoms with Gasteiger partial charge < -0.3 is 11.1 Å². The summed E-state index contributed by atoms with van der Waals surface area (Å²) in [4.78, 5) is 0. The van der Waals surface area contributed by atoms with Crippen molar-refractivity contribution in [1.82, 2.24) is 0 Å². The van der Waals surface area contributed by atoms with Crippen molar-refractivity contribution in [1.29, 1.82) is 10.8 Å². The summed E-state index contributed by atoms with van der Waals surface area (Å²) in [7, 11) is 0. The van der Waals surface area contributed by atoms with E-state index in [1.807, 2.05) is 12.1 Å². The molecule has 0 unspecified atom stereocenters. The third-order valence-corrected chi connectivity index (χ3v) is 7.85. The first-order valence-electron chi connectivity index (χ1n) is 13.7. The highest BCUT2D eigenvalue weighted by molar-refractivity contribution is 6.22. The van der Waals surface area contributed by atoms with Gasteiger partial charge in [-0.1, -0.05) is 121 Å². The van der Waals surface area contributed by atoms with Crippen molar-refractivity contribution < 1.29 is 0 Å². The zero-order valence-electron chi connectivity index (χ0n) is 22.4. The number of nitrogens with two attached hydrogens (primary N) is 1. The molecule has 0 radical (unpaired) electrons. The molecule has 1 aliphatic rings. The third-order valence-electron chi connectivity index (χ3n) is 7.85. The Morgan fingerprint density at radius 1 is 0.488 bits per heavy atom. The number of amidine groups is 1. The lowest BCUT2D eigenvalue weighted by Gasteiger charge is -2.21. The lowest BCUT2D eigenvalue weighted by molar-refractivity contribution is 1.46. The molecular weight excluding hydrogens is 498 g/mol. The maximum absolute atomic E-state index is 8.42. The van der Waals surface area contributed by atoms with Crippen LogP contribution in [0.1, 0.15) is 5.56 Å². The van der Waals surface area contributed by atoms with Gasteiger partial charge in [-0.15, -0.1) is 0 Å². The number of allylic oxidation sites excluding steroid dienone is 1. The van der Waals surface area contributed by atoms with Crippen LogP contribution in [0.2, 0.25) is 0 Å². The first-order valence-corrected chi connectivity index (χ1v) is 13.7. The van der Waals surface area contributed by atoms with Gasteiger partial charge in [0.05, 0.1) is 5.71 Å². The van der Waals surface area contributed by atoms with Gasteiger partial charge in [0.2, 0.25) is 0 Å². The van der Waals surface area contributed by atoms with E-state index in [9.17, 15) is 0 Å². The smallest absolute Gasteiger partial charge is 0.115 e. The van der Waals surface area contributed by atoms with E-state index >= 15 is 0 Å². The molecule has 0 atom stereocenters. The quantitative estimate of drug-likeness (QED) is 0.147. The molecule has 0 aromatic heterocycles. The van der Waals surface area contributed by atoms with Crippen molar-refractivity contribution >= 4 is 22.3 Å². The molecule has 6 aromatic carbocycles. The number of hydrogen-bond donors (Lipinski definition) is 3. The summed E-state index contributed by atoms with van der Waals surface area (Å²) in [6, 6.07) is 45.0. The molecule has 1 aliphatic carbocycles. The zero-order valence-corrected chi connectivity index (χ0v) is 22.4. The molecule has 0 spiro atoms. The van der Waals surface area contributed by atoms with Crippen molar-refractivity contribution in [3.05, 3.63) is 145 Å². The summed E-state index contributed by atoms with van der Waals surface area (Å²) in [5.74, 6) is -0.0681. The van der Waals surface area contributed by atoms with Gasteiger partial charge in [-0.25, -0.2) is 0 Å². The first kappa shape index (κ1) is 24.5. The molecule has 4 N–H and O–H groups in total. The van der Waals surface area contributed by atoms with Crippen LogP contribution in [0.25, 0.3) is 66.4 Å². The van der Waals surface area contributed by atoms with Crippen molar-refractivity contribution in [3.8, 4) is 55.6 Å². The molecule has 3 nitrogen and oxygen atoms in total. The van der Waals surface area contributed by atoms with Crippen LogP contribution in [0.4, 0.5) is 0 Å². The van der Waals surface area contributed by atoms with E-state index < -0.39 is 0 Å². The Bertz CT molecular complexity index is 2000. The van der Waals surface area contributed by atoms with Crippen LogP contribution >= 0.6 is 0 Å². The topological polar surface area (TPSA) is 73.7 Å². The van der Waals surface area contributed by atoms with Gasteiger partial charge >= 0.3 is 0 Å². The maximum Gasteiger partial charge on any atom is 0.115 e. The minimum atomic E-state index is -0.0681. The number of benzene rings is 6. The normalized spacial score (nSPS) is 11.6. The predicted molar refractivity (Wildman–Crippen MR) is 173 cm³/mol. The van der Waals surface area contributed by atoms with Crippen LogP contribution in [0, 0.1) is 10.8 Å². The van der Waals surface area contributed by atoms with Gasteiger partial charge in [-0.2, -0.15) is 0 Å². The summed E-state index contributed by atoms with van der Waals surface area (Å²) in [6.07, 6.45) is 3.00. The Morgan fingerprint density at radius 3 is 1.68 bits per heavy atom. The Morgan fingerprint density at radius 2 is 1.05 bits per heavy atom. The first-order chi connectivity index (χ1) is 20.1. The molecule has 6 aromatic rings. The summed E-state index contributed by atoms with van der Waals surface area (Å²) >= 11 is 0. The number of hydrogen-bond acceptors (Lipinski definition) is 2. The fourth-order valence-electron chi connectivity index (χ4n) is 6.07. The Labute approximate surface area is 239 Å². The standard InChI is InChI=1S/C38H27N3/c39-33(21-22-34(40)41)26-19-17-25(18-20-26)31-23-32(24-9-3-1-4-10-24)37-29-15-7-13-27-14-8-16-30(35(27)29)38(37)36(31)28-11-5-2-6-12-28/h1-23,39H,(H3,40,41)/b22-21-,39-33?. The van der Waals surface area contributed by atoms with Crippen molar-refractivity contribution in [2.75, 3.05) is 0 Å². The maximum atomic E-state index is 8.42. The van der Waals surface area contributed by atoms with E-state index in [4.69, 9.17) is 16.6 Å². The Hall–Kier alpha value is -5.54. The fraction of sp³-hybridized carbons (Fsp3) is 0. The average molecular weight is 526 g/mol. The molecule has 0 aliphatic heterocycles. The van der Waals surface area contributed by atoms with Crippen molar-refractivity contribution in [3.63, 3.8) is 0 Å². The van der Waals surface area contributed by atoms with E-state index in [1.165, 1.54) is 61.4 Å². The molecule has 0 saturated heterocycles. The second-order valence-electron chi connectivity index (χ2n) is 10.3. The van der Waals surface area contributed by atoms with Crippen molar-refractivity contribution in [2.45, 2.75) is 0 Å². The highest BCUT2D eigenvalue weighted by Gasteiger charge is 2.29. The van der Waals surface area contributed by atoms with Gasteiger partial charge in [-0.05, 0) is 90.2 Å². The summed E-state index contributed by atoms with van der Waals surface area (Å²) in [5.41, 5.74) is 18.6. The van der Waals surface area contributed by atoms with Gasteiger partial charge in [-0.3, -0.25) is 5.41 Å². The summed E-state index contributed by atoms with van der Waals surface area (Å²) in [6.45, 7) is 0. The molecule has 3 heteroatoms. The summed E-state index contributed by atoms with van der Waals surface area (Å²) < 4.78 is 0. The molecule has 0 fully saturated rings. The van der Waals surface area contributed by atoms with Crippen LogP contribution in [0.15, 0.2) is 140 Å². The summed E-state index contributed by atoms with van der Waals surface area (Å²) in [5, 5.41) is 18.4. The average Bonchev–Trinajstić information content (AvgIpc) is 3.36. The zero-order chi connectivity index (χ0) is 27.9. The highest BCUT2D eigenvalue weighted by Crippen LogP contribution is 2.57. The van der Waals surface area contributed by atoms with E-state index in [2.05, 4.69) is 115 Å². The third kappa shape index (κ3) is 4.16. The van der Waals surface area contributed by atoms with Crippen molar-refractivity contribution in [2.24, 2.45) is 5.73 Å². The molecule has 7 rings (SSSR count). The SMILES string of the molecule is N=C(N)/C=C\C(=N)c1ccc(-c2cc(-c3ccccc3)c3c(c2-c2ccccc2)-c2cccc4cccc-3c24)cc1. The molecule has 41 heavy (non-hydrogen) atoms. The molecule has 194 valence electrons. The van der Waals surface area contributed by atoms with Crippen LogP contribution in [0.3, 0.4) is 0 Å². The highest BCUT2D eigenvalue weighted by atomic mass is 14.7. The fourth-order valence-corrected chi connectivity index (χ4v) is 6.07. The minimum absolute atomic E-state index is 0.0681.